The van der Waals surface area contributed by atoms with Gasteiger partial charge < -0.3 is 20.5 Å². The topological polar surface area (TPSA) is 118 Å². The fourth-order valence-electron chi connectivity index (χ4n) is 6.62. The molecule has 1 aliphatic carbocycles. The number of aromatic amines is 1. The van der Waals surface area contributed by atoms with Crippen molar-refractivity contribution in [2.45, 2.75) is 82.8 Å². The molecule has 1 spiro atoms. The van der Waals surface area contributed by atoms with Crippen molar-refractivity contribution in [1.29, 1.82) is 5.26 Å². The minimum absolute atomic E-state index is 0.0806. The Morgan fingerprint density at radius 2 is 1.97 bits per heavy atom. The average molecular weight is 524 g/mol. The number of benzene rings is 1. The molecule has 9 heteroatoms. The molecule has 0 radical (unpaired) electrons. The number of likely N-dealkylation sites (tertiary alicyclic amines) is 1. The Balaban J connectivity index is 1.36. The van der Waals surface area contributed by atoms with E-state index in [9.17, 15) is 19.6 Å². The number of nitriles is 1. The van der Waals surface area contributed by atoms with Crippen molar-refractivity contribution in [2.24, 2.45) is 11.3 Å². The maximum Gasteiger partial charge on any atom is 0.271 e. The molecule has 1 aromatic carbocycles. The summed E-state index contributed by atoms with van der Waals surface area (Å²) < 4.78 is 0. The van der Waals surface area contributed by atoms with Gasteiger partial charge >= 0.3 is 0 Å². The van der Waals surface area contributed by atoms with E-state index in [-0.39, 0.29) is 41.0 Å². The predicted molar refractivity (Wildman–Crippen MR) is 141 cm³/mol. The van der Waals surface area contributed by atoms with E-state index >= 15 is 0 Å². The number of nitrogens with zero attached hydrogens (tertiary/aromatic N) is 2. The van der Waals surface area contributed by atoms with Gasteiger partial charge in [-0.05, 0) is 69.6 Å². The summed E-state index contributed by atoms with van der Waals surface area (Å²) in [5, 5.41) is 17.1. The third-order valence-electron chi connectivity index (χ3n) is 8.38. The number of hydrogen-bond donors (Lipinski definition) is 3. The molecule has 8 nitrogen and oxygen atoms in total. The number of fused-ring (bicyclic) bond motifs is 1. The van der Waals surface area contributed by atoms with E-state index in [2.05, 4.69) is 21.7 Å². The van der Waals surface area contributed by atoms with Gasteiger partial charge in [-0.15, -0.1) is 0 Å². The van der Waals surface area contributed by atoms with Crippen LogP contribution in [-0.2, 0) is 9.59 Å². The van der Waals surface area contributed by atoms with Gasteiger partial charge in [-0.3, -0.25) is 14.4 Å². The molecule has 0 bridgehead atoms. The number of halogens is 1. The summed E-state index contributed by atoms with van der Waals surface area (Å²) in [4.78, 5) is 44.6. The zero-order valence-corrected chi connectivity index (χ0v) is 22.2. The summed E-state index contributed by atoms with van der Waals surface area (Å²) >= 11 is 6.12. The molecule has 2 aliphatic heterocycles. The molecule has 3 fully saturated rings. The highest BCUT2D eigenvalue weighted by molar-refractivity contribution is 6.31. The zero-order valence-electron chi connectivity index (χ0n) is 21.4. The predicted octanol–water partition coefficient (Wildman–Crippen LogP) is 4.30. The van der Waals surface area contributed by atoms with E-state index in [0.717, 1.165) is 36.6 Å². The number of H-pyrrole nitrogens is 1. The molecule has 2 unspecified atom stereocenters. The van der Waals surface area contributed by atoms with E-state index in [1.165, 1.54) is 6.42 Å². The van der Waals surface area contributed by atoms with Gasteiger partial charge in [0.1, 0.15) is 17.8 Å². The van der Waals surface area contributed by atoms with Crippen LogP contribution in [0.25, 0.3) is 10.9 Å². The van der Waals surface area contributed by atoms with Crippen LogP contribution >= 0.6 is 11.6 Å². The lowest BCUT2D eigenvalue weighted by Crippen LogP contribution is -2.49. The van der Waals surface area contributed by atoms with Gasteiger partial charge in [0.15, 0.2) is 0 Å². The van der Waals surface area contributed by atoms with Gasteiger partial charge in [-0.1, -0.05) is 36.9 Å². The lowest BCUT2D eigenvalue weighted by molar-refractivity contribution is -0.126. The van der Waals surface area contributed by atoms with Crippen LogP contribution in [-0.4, -0.2) is 51.8 Å². The fraction of sp³-hybridized carbons (Fsp3) is 0.571. The quantitative estimate of drug-likeness (QED) is 0.541. The van der Waals surface area contributed by atoms with Crippen molar-refractivity contribution in [2.75, 3.05) is 6.54 Å². The number of carbonyl (C=O) groups excluding carboxylic acids is 3. The molecule has 3 amide bonds. The minimum atomic E-state index is -0.799. The first-order chi connectivity index (χ1) is 17.6. The highest BCUT2D eigenvalue weighted by atomic mass is 35.5. The second-order valence-corrected chi connectivity index (χ2v) is 12.3. The van der Waals surface area contributed by atoms with Crippen LogP contribution in [0.2, 0.25) is 5.02 Å². The van der Waals surface area contributed by atoms with Crippen LogP contribution in [0.5, 0.6) is 0 Å². The Kier molecular flexibility index (Phi) is 6.70. The molecular formula is C28H34ClN5O3. The van der Waals surface area contributed by atoms with Gasteiger partial charge in [-0.25, -0.2) is 0 Å². The van der Waals surface area contributed by atoms with Gasteiger partial charge in [0.2, 0.25) is 11.8 Å². The summed E-state index contributed by atoms with van der Waals surface area (Å²) in [5.74, 6) is -0.958. The van der Waals surface area contributed by atoms with E-state index in [0.29, 0.717) is 30.1 Å². The number of hydrogen-bond acceptors (Lipinski definition) is 4. The van der Waals surface area contributed by atoms with Crippen LogP contribution in [0.4, 0.5) is 0 Å². The second-order valence-electron chi connectivity index (χ2n) is 11.8. The van der Waals surface area contributed by atoms with Gasteiger partial charge in [0.05, 0.1) is 6.07 Å². The molecule has 37 heavy (non-hydrogen) atoms. The molecule has 1 aromatic heterocycles. The Morgan fingerprint density at radius 3 is 2.65 bits per heavy atom. The van der Waals surface area contributed by atoms with Crippen molar-refractivity contribution >= 4 is 40.2 Å². The first kappa shape index (κ1) is 25.6. The Labute approximate surface area is 222 Å². The molecular weight excluding hydrogens is 490 g/mol. The Hall–Kier alpha value is -3.05. The number of amides is 3. The molecule has 2 aromatic rings. The first-order valence-corrected chi connectivity index (χ1v) is 13.6. The van der Waals surface area contributed by atoms with Crippen molar-refractivity contribution in [3.63, 3.8) is 0 Å². The van der Waals surface area contributed by atoms with Crippen molar-refractivity contribution in [1.82, 2.24) is 20.5 Å². The number of aromatic nitrogens is 1. The monoisotopic (exact) mass is 523 g/mol. The third-order valence-corrected chi connectivity index (χ3v) is 8.62. The van der Waals surface area contributed by atoms with Crippen molar-refractivity contribution < 1.29 is 14.4 Å². The highest BCUT2D eigenvalue weighted by Crippen LogP contribution is 2.46. The maximum absolute atomic E-state index is 13.8. The first-order valence-electron chi connectivity index (χ1n) is 13.2. The lowest BCUT2D eigenvalue weighted by Gasteiger charge is -2.32. The second kappa shape index (κ2) is 9.68. The molecule has 3 N–H and O–H groups in total. The van der Waals surface area contributed by atoms with Crippen molar-refractivity contribution in [3.05, 3.63) is 35.0 Å². The van der Waals surface area contributed by atoms with Crippen LogP contribution in [0.1, 0.15) is 75.7 Å². The molecule has 3 aliphatic rings. The summed E-state index contributed by atoms with van der Waals surface area (Å²) in [6.07, 6.45) is 6.79. The van der Waals surface area contributed by atoms with Gasteiger partial charge in [0.25, 0.3) is 5.91 Å². The van der Waals surface area contributed by atoms with Gasteiger partial charge in [0, 0.05) is 33.9 Å². The van der Waals surface area contributed by atoms with Gasteiger partial charge in [-0.2, -0.15) is 5.26 Å². The maximum atomic E-state index is 13.8. The van der Waals surface area contributed by atoms with E-state index in [1.54, 1.807) is 23.1 Å². The van der Waals surface area contributed by atoms with Crippen LogP contribution in [0.3, 0.4) is 0 Å². The summed E-state index contributed by atoms with van der Waals surface area (Å²) in [6, 6.07) is 7.93. The standard InChI is InChI=1S/C28H34ClN5O3/c1-27(2)13-18(24(35)33-27)10-20(15-30)31-25(36)23-14-28(8-4-3-5-9-28)16-34(23)26(37)22-11-17-6-7-19(29)12-21(17)32-22/h6-7,11-12,18,20,23,32H,3-5,8-10,13-14,16H2,1-2H3,(H,31,36)(H,33,35)/t18?,20-,23?/m0/s1. The molecule has 2 saturated heterocycles. The zero-order chi connectivity index (χ0) is 26.4. The largest absolute Gasteiger partial charge is 0.351 e. The van der Waals surface area contributed by atoms with E-state index in [1.807, 2.05) is 19.9 Å². The Morgan fingerprint density at radius 1 is 1.22 bits per heavy atom. The Bertz CT molecular complexity index is 1270. The molecule has 1 saturated carbocycles. The highest BCUT2D eigenvalue weighted by Gasteiger charge is 2.49. The summed E-state index contributed by atoms with van der Waals surface area (Å²) in [6.45, 7) is 4.43. The lowest BCUT2D eigenvalue weighted by atomic mass is 9.72. The van der Waals surface area contributed by atoms with Crippen molar-refractivity contribution in [3.8, 4) is 6.07 Å². The smallest absolute Gasteiger partial charge is 0.271 e. The average Bonchev–Trinajstić information content (AvgIpc) is 3.51. The molecule has 3 heterocycles. The van der Waals surface area contributed by atoms with Crippen LogP contribution in [0.15, 0.2) is 24.3 Å². The minimum Gasteiger partial charge on any atom is -0.351 e. The summed E-state index contributed by atoms with van der Waals surface area (Å²) in [5.41, 5.74) is 0.788. The normalized spacial score (nSPS) is 25.1. The number of rotatable bonds is 5. The molecule has 5 rings (SSSR count). The SMILES string of the molecule is CC1(C)CC(C[C@@H](C#N)NC(=O)C2CC3(CCCCC3)CN2C(=O)c2cc3ccc(Cl)cc3[nH]2)C(=O)N1. The molecule has 196 valence electrons. The van der Waals surface area contributed by atoms with Crippen LogP contribution < -0.4 is 10.6 Å². The fourth-order valence-corrected chi connectivity index (χ4v) is 6.79. The summed E-state index contributed by atoms with van der Waals surface area (Å²) in [7, 11) is 0. The van der Waals surface area contributed by atoms with Crippen LogP contribution in [0, 0.1) is 22.7 Å². The van der Waals surface area contributed by atoms with E-state index < -0.39 is 12.1 Å². The molecule has 3 atom stereocenters. The van der Waals surface area contributed by atoms with E-state index in [4.69, 9.17) is 11.6 Å². The number of nitrogens with one attached hydrogen (secondary N) is 3. The number of carbonyl (C=O) groups is 3. The third kappa shape index (κ3) is 5.19.